The number of aromatic nitrogens is 5. The van der Waals surface area contributed by atoms with E-state index >= 15 is 0 Å². The largest absolute Gasteiger partial charge is 0.338 e. The molecule has 9 heteroatoms. The Hall–Kier alpha value is -4.01. The zero-order valence-electron chi connectivity index (χ0n) is 17.0. The van der Waals surface area contributed by atoms with Gasteiger partial charge in [-0.2, -0.15) is 10.1 Å². The van der Waals surface area contributed by atoms with Gasteiger partial charge < -0.3 is 10.2 Å². The van der Waals surface area contributed by atoms with Gasteiger partial charge >= 0.3 is 0 Å². The Kier molecular flexibility index (Phi) is 4.70. The Morgan fingerprint density at radius 1 is 1.10 bits per heavy atom. The molecule has 156 valence electrons. The number of amides is 2. The lowest BCUT2D eigenvalue weighted by molar-refractivity contribution is -0.117. The molecular weight excluding hydrogens is 394 g/mol. The van der Waals surface area contributed by atoms with Crippen LogP contribution in [0.2, 0.25) is 0 Å². The SMILES string of the molecule is Cc1c(C(=O)N2CCC2)cnn1CC(=O)Nc1ccn2cc(-c3ccccc3)nc2n1. The van der Waals surface area contributed by atoms with Crippen LogP contribution in [0, 0.1) is 6.92 Å². The van der Waals surface area contributed by atoms with Crippen molar-refractivity contribution in [1.29, 1.82) is 0 Å². The van der Waals surface area contributed by atoms with Gasteiger partial charge in [0.1, 0.15) is 12.4 Å². The van der Waals surface area contributed by atoms with Crippen molar-refractivity contribution >= 4 is 23.4 Å². The Labute approximate surface area is 178 Å². The number of carbonyl (C=O) groups excluding carboxylic acids is 2. The molecule has 1 aliphatic rings. The molecule has 0 saturated carbocycles. The van der Waals surface area contributed by atoms with Crippen LogP contribution in [0.15, 0.2) is 55.0 Å². The van der Waals surface area contributed by atoms with Gasteiger partial charge in [-0.25, -0.2) is 4.98 Å². The van der Waals surface area contributed by atoms with Crippen LogP contribution in [0.4, 0.5) is 5.82 Å². The van der Waals surface area contributed by atoms with Gasteiger partial charge in [0, 0.05) is 36.7 Å². The van der Waals surface area contributed by atoms with E-state index in [1.807, 2.05) is 40.9 Å². The topological polar surface area (TPSA) is 97.4 Å². The molecule has 0 unspecified atom stereocenters. The summed E-state index contributed by atoms with van der Waals surface area (Å²) in [5, 5.41) is 7.00. The molecule has 3 aromatic heterocycles. The Balaban J connectivity index is 1.29. The predicted octanol–water partition coefficient (Wildman–Crippen LogP) is 2.39. The quantitative estimate of drug-likeness (QED) is 0.540. The number of anilines is 1. The van der Waals surface area contributed by atoms with Gasteiger partial charge in [-0.15, -0.1) is 0 Å². The molecule has 0 spiro atoms. The molecule has 0 bridgehead atoms. The number of hydrogen-bond donors (Lipinski definition) is 1. The Morgan fingerprint density at radius 2 is 1.90 bits per heavy atom. The number of hydrogen-bond acceptors (Lipinski definition) is 5. The minimum Gasteiger partial charge on any atom is -0.338 e. The van der Waals surface area contributed by atoms with Crippen LogP contribution in [-0.4, -0.2) is 54.0 Å². The Bertz CT molecular complexity index is 1270. The van der Waals surface area contributed by atoms with Crippen molar-refractivity contribution in [2.24, 2.45) is 0 Å². The van der Waals surface area contributed by atoms with E-state index in [4.69, 9.17) is 0 Å². The highest BCUT2D eigenvalue weighted by Gasteiger charge is 2.25. The van der Waals surface area contributed by atoms with Crippen LogP contribution in [-0.2, 0) is 11.3 Å². The van der Waals surface area contributed by atoms with Crippen molar-refractivity contribution in [2.75, 3.05) is 18.4 Å². The van der Waals surface area contributed by atoms with Crippen LogP contribution in [0.5, 0.6) is 0 Å². The number of nitrogens with one attached hydrogen (secondary N) is 1. The monoisotopic (exact) mass is 415 g/mol. The average Bonchev–Trinajstić information content (AvgIpc) is 3.31. The number of benzene rings is 1. The van der Waals surface area contributed by atoms with Crippen LogP contribution in [0.25, 0.3) is 17.0 Å². The van der Waals surface area contributed by atoms with E-state index in [1.54, 1.807) is 24.1 Å². The molecule has 1 aromatic carbocycles. The maximum atomic E-state index is 12.5. The third-order valence-electron chi connectivity index (χ3n) is 5.43. The molecule has 4 heterocycles. The second-order valence-electron chi connectivity index (χ2n) is 7.51. The van der Waals surface area contributed by atoms with E-state index in [0.717, 1.165) is 30.8 Å². The molecule has 0 atom stereocenters. The maximum absolute atomic E-state index is 12.5. The lowest BCUT2D eigenvalue weighted by Crippen LogP contribution is -2.42. The summed E-state index contributed by atoms with van der Waals surface area (Å²) in [4.78, 5) is 35.7. The van der Waals surface area contributed by atoms with Crippen molar-refractivity contribution in [1.82, 2.24) is 29.0 Å². The van der Waals surface area contributed by atoms with Crippen molar-refractivity contribution in [3.05, 3.63) is 66.2 Å². The number of fused-ring (bicyclic) bond motifs is 1. The van der Waals surface area contributed by atoms with Crippen LogP contribution >= 0.6 is 0 Å². The minimum absolute atomic E-state index is 0.00429. The molecule has 5 rings (SSSR count). The smallest absolute Gasteiger partial charge is 0.257 e. The van der Waals surface area contributed by atoms with E-state index in [9.17, 15) is 9.59 Å². The molecule has 9 nitrogen and oxygen atoms in total. The van der Waals surface area contributed by atoms with Crippen molar-refractivity contribution in [2.45, 2.75) is 19.9 Å². The van der Waals surface area contributed by atoms with Gasteiger partial charge in [0.25, 0.3) is 5.91 Å². The summed E-state index contributed by atoms with van der Waals surface area (Å²) in [6, 6.07) is 11.6. The summed E-state index contributed by atoms with van der Waals surface area (Å²) >= 11 is 0. The molecule has 2 amide bonds. The number of carbonyl (C=O) groups is 2. The molecule has 4 aromatic rings. The van der Waals surface area contributed by atoms with Crippen molar-refractivity contribution in [3.63, 3.8) is 0 Å². The molecule has 0 aliphatic carbocycles. The molecule has 0 radical (unpaired) electrons. The fraction of sp³-hybridized carbons (Fsp3) is 0.227. The van der Waals surface area contributed by atoms with Gasteiger partial charge in [0.05, 0.1) is 17.5 Å². The lowest BCUT2D eigenvalue weighted by atomic mass is 10.1. The average molecular weight is 415 g/mol. The highest BCUT2D eigenvalue weighted by atomic mass is 16.2. The highest BCUT2D eigenvalue weighted by molar-refractivity contribution is 5.96. The molecule has 1 aliphatic heterocycles. The second kappa shape index (κ2) is 7.67. The van der Waals surface area contributed by atoms with Crippen molar-refractivity contribution in [3.8, 4) is 11.3 Å². The predicted molar refractivity (Wildman–Crippen MR) is 115 cm³/mol. The standard InChI is InChI=1S/C22H21N7O2/c1-15-17(21(31)27-9-5-10-27)12-23-29(15)14-20(30)25-19-8-11-28-13-18(24-22(28)26-19)16-6-3-2-4-7-16/h2-4,6-8,11-13H,5,9-10,14H2,1H3,(H,24,25,26,30). The highest BCUT2D eigenvalue weighted by Crippen LogP contribution is 2.19. The Morgan fingerprint density at radius 3 is 2.65 bits per heavy atom. The lowest BCUT2D eigenvalue weighted by Gasteiger charge is -2.30. The first-order valence-corrected chi connectivity index (χ1v) is 10.1. The first-order chi connectivity index (χ1) is 15.1. The summed E-state index contributed by atoms with van der Waals surface area (Å²) in [6.45, 7) is 3.35. The molecule has 31 heavy (non-hydrogen) atoms. The fourth-order valence-corrected chi connectivity index (χ4v) is 3.51. The van der Waals surface area contributed by atoms with Crippen molar-refractivity contribution < 1.29 is 9.59 Å². The van der Waals surface area contributed by atoms with E-state index in [2.05, 4.69) is 20.4 Å². The molecule has 1 saturated heterocycles. The van der Waals surface area contributed by atoms with Gasteiger partial charge in [0.2, 0.25) is 11.7 Å². The third kappa shape index (κ3) is 3.65. The first kappa shape index (κ1) is 19.0. The van der Waals surface area contributed by atoms with E-state index in [0.29, 0.717) is 22.9 Å². The second-order valence-corrected chi connectivity index (χ2v) is 7.51. The van der Waals surface area contributed by atoms with Crippen LogP contribution < -0.4 is 5.32 Å². The minimum atomic E-state index is -0.277. The summed E-state index contributed by atoms with van der Waals surface area (Å²) < 4.78 is 3.34. The van der Waals surface area contributed by atoms with E-state index in [1.165, 1.54) is 10.9 Å². The van der Waals surface area contributed by atoms with E-state index < -0.39 is 0 Å². The molecule has 1 fully saturated rings. The number of imidazole rings is 1. The fourth-order valence-electron chi connectivity index (χ4n) is 3.51. The first-order valence-electron chi connectivity index (χ1n) is 10.1. The summed E-state index contributed by atoms with van der Waals surface area (Å²) in [6.07, 6.45) is 6.26. The maximum Gasteiger partial charge on any atom is 0.257 e. The van der Waals surface area contributed by atoms with Gasteiger partial charge in [-0.05, 0) is 19.4 Å². The molecular formula is C22H21N7O2. The number of likely N-dealkylation sites (tertiary alicyclic amines) is 1. The third-order valence-corrected chi connectivity index (χ3v) is 5.43. The van der Waals surface area contributed by atoms with Gasteiger partial charge in [0.15, 0.2) is 0 Å². The zero-order valence-corrected chi connectivity index (χ0v) is 17.0. The van der Waals surface area contributed by atoms with E-state index in [-0.39, 0.29) is 18.4 Å². The summed E-state index contributed by atoms with van der Waals surface area (Å²) in [7, 11) is 0. The van der Waals surface area contributed by atoms with Gasteiger partial charge in [-0.1, -0.05) is 30.3 Å². The summed E-state index contributed by atoms with van der Waals surface area (Å²) in [5.74, 6) is 0.593. The number of rotatable bonds is 5. The van der Waals surface area contributed by atoms with Crippen LogP contribution in [0.3, 0.4) is 0 Å². The van der Waals surface area contributed by atoms with Gasteiger partial charge in [-0.3, -0.25) is 18.7 Å². The molecule has 1 N–H and O–H groups in total. The number of nitrogens with zero attached hydrogens (tertiary/aromatic N) is 6. The normalized spacial score (nSPS) is 13.3. The summed E-state index contributed by atoms with van der Waals surface area (Å²) in [5.41, 5.74) is 3.02. The zero-order chi connectivity index (χ0) is 21.4. The van der Waals surface area contributed by atoms with Crippen LogP contribution in [0.1, 0.15) is 22.5 Å².